The van der Waals surface area contributed by atoms with Gasteiger partial charge in [0, 0.05) is 37.8 Å². The maximum absolute atomic E-state index is 13.3. The van der Waals surface area contributed by atoms with Crippen LogP contribution in [0.25, 0.3) is 0 Å². The zero-order valence-electron chi connectivity index (χ0n) is 20.7. The van der Waals surface area contributed by atoms with Crippen LogP contribution in [0.15, 0.2) is 48.5 Å². The lowest BCUT2D eigenvalue weighted by molar-refractivity contribution is -0.137. The summed E-state index contributed by atoms with van der Waals surface area (Å²) in [6, 6.07) is 11.0. The predicted octanol–water partition coefficient (Wildman–Crippen LogP) is 4.02. The van der Waals surface area contributed by atoms with Crippen LogP contribution in [0, 0.1) is 5.92 Å². The summed E-state index contributed by atoms with van der Waals surface area (Å²) in [5, 5.41) is 2.38. The van der Waals surface area contributed by atoms with Gasteiger partial charge in [-0.25, -0.2) is 0 Å². The highest BCUT2D eigenvalue weighted by atomic mass is 35.5. The van der Waals surface area contributed by atoms with E-state index in [4.69, 9.17) is 17.3 Å². The number of rotatable bonds is 6. The number of halogens is 4. The summed E-state index contributed by atoms with van der Waals surface area (Å²) in [5.74, 6) is -1.71. The molecule has 11 heteroatoms. The number of benzene rings is 2. The van der Waals surface area contributed by atoms with E-state index in [0.29, 0.717) is 38.2 Å². The van der Waals surface area contributed by atoms with E-state index in [2.05, 4.69) is 10.2 Å². The molecule has 0 aromatic heterocycles. The van der Waals surface area contributed by atoms with Crippen molar-refractivity contribution in [2.45, 2.75) is 43.9 Å². The second-order valence-electron chi connectivity index (χ2n) is 9.73. The van der Waals surface area contributed by atoms with Gasteiger partial charge >= 0.3 is 6.18 Å². The lowest BCUT2D eigenvalue weighted by Gasteiger charge is -2.44. The monoisotopic (exact) mass is 550 g/mol. The molecule has 0 radical (unpaired) electrons. The Bertz CT molecular complexity index is 1170. The van der Waals surface area contributed by atoms with E-state index >= 15 is 0 Å². The molecular weight excluding hydrogens is 521 g/mol. The van der Waals surface area contributed by atoms with Gasteiger partial charge in [0.15, 0.2) is 0 Å². The van der Waals surface area contributed by atoms with Crippen LogP contribution in [0.2, 0.25) is 5.02 Å². The number of nitrogens with two attached hydrogens (primary N) is 1. The number of hydrogen-bond donors (Lipinski definition) is 2. The molecule has 1 saturated carbocycles. The van der Waals surface area contributed by atoms with Crippen LogP contribution in [0.4, 0.5) is 13.2 Å². The van der Waals surface area contributed by atoms with Crippen molar-refractivity contribution in [2.24, 2.45) is 11.7 Å². The van der Waals surface area contributed by atoms with Gasteiger partial charge in [-0.05, 0) is 36.6 Å². The number of piperazine rings is 1. The van der Waals surface area contributed by atoms with Crippen LogP contribution in [0.5, 0.6) is 0 Å². The summed E-state index contributed by atoms with van der Waals surface area (Å²) in [4.78, 5) is 42.1. The number of amides is 3. The Hall–Kier alpha value is -3.11. The smallest absolute Gasteiger partial charge is 0.368 e. The van der Waals surface area contributed by atoms with Gasteiger partial charge in [-0.3, -0.25) is 19.3 Å². The Morgan fingerprint density at radius 3 is 2.26 bits per heavy atom. The second kappa shape index (κ2) is 11.7. The summed E-state index contributed by atoms with van der Waals surface area (Å²) in [6.07, 6.45) is -1.35. The molecule has 4 rings (SSSR count). The van der Waals surface area contributed by atoms with Crippen molar-refractivity contribution in [1.29, 1.82) is 0 Å². The van der Waals surface area contributed by atoms with E-state index in [1.807, 2.05) is 6.07 Å². The van der Waals surface area contributed by atoms with Crippen molar-refractivity contribution in [3.63, 3.8) is 0 Å². The number of hydrogen-bond acceptors (Lipinski definition) is 4. The molecule has 2 aromatic carbocycles. The average molecular weight is 551 g/mol. The maximum atomic E-state index is 13.3. The zero-order chi connectivity index (χ0) is 27.4. The molecule has 204 valence electrons. The van der Waals surface area contributed by atoms with Crippen molar-refractivity contribution >= 4 is 29.3 Å². The number of alkyl halides is 3. The van der Waals surface area contributed by atoms with Crippen molar-refractivity contribution in [3.8, 4) is 0 Å². The summed E-state index contributed by atoms with van der Waals surface area (Å²) < 4.78 is 39.7. The van der Waals surface area contributed by atoms with Gasteiger partial charge in [-0.15, -0.1) is 0 Å². The molecule has 0 bridgehead atoms. The minimum Gasteiger partial charge on any atom is -0.368 e. The number of carbonyl (C=O) groups is 3. The first-order valence-electron chi connectivity index (χ1n) is 12.6. The van der Waals surface area contributed by atoms with Crippen LogP contribution >= 0.6 is 11.6 Å². The van der Waals surface area contributed by atoms with Gasteiger partial charge in [-0.2, -0.15) is 13.2 Å². The van der Waals surface area contributed by atoms with E-state index in [1.54, 1.807) is 24.3 Å². The van der Waals surface area contributed by atoms with Gasteiger partial charge in [0.1, 0.15) is 6.04 Å². The summed E-state index contributed by atoms with van der Waals surface area (Å²) in [7, 11) is 0. The Kier molecular flexibility index (Phi) is 8.62. The number of nitrogens with zero attached hydrogens (tertiary/aromatic N) is 2. The van der Waals surface area contributed by atoms with Crippen LogP contribution in [0.1, 0.15) is 53.2 Å². The third-order valence-electron chi connectivity index (χ3n) is 7.36. The molecular formula is C27H30ClF3N4O3. The fourth-order valence-electron chi connectivity index (χ4n) is 5.38. The third-order valence-corrected chi connectivity index (χ3v) is 7.69. The van der Waals surface area contributed by atoms with E-state index in [0.717, 1.165) is 31.4 Å². The largest absolute Gasteiger partial charge is 0.417 e. The first-order valence-corrected chi connectivity index (χ1v) is 13.0. The van der Waals surface area contributed by atoms with Gasteiger partial charge in [0.2, 0.25) is 11.8 Å². The molecule has 1 saturated heterocycles. The molecule has 0 spiro atoms. The topological polar surface area (TPSA) is 95.7 Å². The molecule has 1 heterocycles. The first-order chi connectivity index (χ1) is 18.1. The minimum atomic E-state index is -4.66. The molecule has 1 aliphatic heterocycles. The van der Waals surface area contributed by atoms with Gasteiger partial charge in [-0.1, -0.05) is 54.8 Å². The van der Waals surface area contributed by atoms with Crippen LogP contribution in [-0.2, 0) is 15.8 Å². The standard InChI is InChI=1S/C27H30ClF3N4O3/c28-21-11-10-18(16-20(21)27(29,30)31)26(38)35-14-12-34(13-15-35)22-9-5-4-8-19(22)25(37)33-23(24(32)36)17-6-2-1-3-7-17/h1-3,6-7,10-11,16,19,22-23H,4-5,8-9,12-15H2,(H2,32,36)(H,33,37)/t19-,22-,23+/m1/s1. The van der Waals surface area contributed by atoms with Crippen molar-refractivity contribution in [3.05, 3.63) is 70.2 Å². The van der Waals surface area contributed by atoms with Crippen molar-refractivity contribution in [2.75, 3.05) is 26.2 Å². The lowest BCUT2D eigenvalue weighted by Crippen LogP contribution is -2.56. The Morgan fingerprint density at radius 2 is 1.63 bits per heavy atom. The first kappa shape index (κ1) is 27.9. The molecule has 0 unspecified atom stereocenters. The van der Waals surface area contributed by atoms with Crippen LogP contribution < -0.4 is 11.1 Å². The number of primary amides is 1. The van der Waals surface area contributed by atoms with E-state index in [9.17, 15) is 27.6 Å². The second-order valence-corrected chi connectivity index (χ2v) is 10.1. The summed E-state index contributed by atoms with van der Waals surface area (Å²) in [6.45, 7) is 1.61. The van der Waals surface area contributed by atoms with E-state index < -0.39 is 34.6 Å². The lowest BCUT2D eigenvalue weighted by atomic mass is 9.82. The highest BCUT2D eigenvalue weighted by molar-refractivity contribution is 6.31. The molecule has 7 nitrogen and oxygen atoms in total. The van der Waals surface area contributed by atoms with Gasteiger partial charge in [0.25, 0.3) is 5.91 Å². The SMILES string of the molecule is NC(=O)[C@@H](NC(=O)[C@@H]1CCCC[C@H]1N1CCN(C(=O)c2ccc(Cl)c(C(F)(F)F)c2)CC1)c1ccccc1. The summed E-state index contributed by atoms with van der Waals surface area (Å²) >= 11 is 5.69. The molecule has 38 heavy (non-hydrogen) atoms. The molecule has 2 aromatic rings. The van der Waals surface area contributed by atoms with Gasteiger partial charge < -0.3 is 16.0 Å². The molecule has 3 atom stereocenters. The minimum absolute atomic E-state index is 0.0662. The Balaban J connectivity index is 1.41. The predicted molar refractivity (Wildman–Crippen MR) is 136 cm³/mol. The highest BCUT2D eigenvalue weighted by Crippen LogP contribution is 2.35. The maximum Gasteiger partial charge on any atom is 0.417 e. The van der Waals surface area contributed by atoms with Crippen LogP contribution in [-0.4, -0.2) is 59.7 Å². The highest BCUT2D eigenvalue weighted by Gasteiger charge is 2.38. The fraction of sp³-hybridized carbons (Fsp3) is 0.444. The quantitative estimate of drug-likeness (QED) is 0.568. The zero-order valence-corrected chi connectivity index (χ0v) is 21.5. The molecule has 2 aliphatic rings. The number of carbonyl (C=O) groups excluding carboxylic acids is 3. The Labute approximate surface area is 224 Å². The normalized spacial score (nSPS) is 21.5. The Morgan fingerprint density at radius 1 is 0.974 bits per heavy atom. The molecule has 2 fully saturated rings. The van der Waals surface area contributed by atoms with Crippen molar-refractivity contribution in [1.82, 2.24) is 15.1 Å². The summed E-state index contributed by atoms with van der Waals surface area (Å²) in [5.41, 5.74) is 5.10. The molecule has 3 amide bonds. The van der Waals surface area contributed by atoms with Crippen LogP contribution in [0.3, 0.4) is 0 Å². The number of nitrogens with one attached hydrogen (secondary N) is 1. The average Bonchev–Trinajstić information content (AvgIpc) is 2.91. The van der Waals surface area contributed by atoms with E-state index in [-0.39, 0.29) is 23.4 Å². The van der Waals surface area contributed by atoms with Gasteiger partial charge in [0.05, 0.1) is 16.5 Å². The third kappa shape index (κ3) is 6.30. The van der Waals surface area contributed by atoms with Crippen molar-refractivity contribution < 1.29 is 27.6 Å². The molecule has 1 aliphatic carbocycles. The molecule has 3 N–H and O–H groups in total. The van der Waals surface area contributed by atoms with E-state index in [1.165, 1.54) is 11.0 Å². The fourth-order valence-corrected chi connectivity index (χ4v) is 5.61.